The summed E-state index contributed by atoms with van der Waals surface area (Å²) in [4.78, 5) is 33.3. The second kappa shape index (κ2) is 8.63. The van der Waals surface area contributed by atoms with E-state index in [0.717, 1.165) is 0 Å². The third kappa shape index (κ3) is 7.78. The Hall–Kier alpha value is -1.43. The van der Waals surface area contributed by atoms with Crippen molar-refractivity contribution in [1.82, 2.24) is 0 Å². The quantitative estimate of drug-likeness (QED) is 0.477. The predicted octanol–water partition coefficient (Wildman–Crippen LogP) is 0.928. The molecule has 0 bridgehead atoms. The van der Waals surface area contributed by atoms with E-state index in [-0.39, 0.29) is 30.8 Å². The Balaban J connectivity index is 3.61. The van der Waals surface area contributed by atoms with E-state index in [1.807, 2.05) is 0 Å². The number of carbonyl (C=O) groups is 3. The third-order valence-electron chi connectivity index (χ3n) is 2.00. The van der Waals surface area contributed by atoms with E-state index >= 15 is 0 Å². The minimum atomic E-state index is -0.678. The van der Waals surface area contributed by atoms with Crippen molar-refractivity contribution in [2.45, 2.75) is 27.7 Å². The summed E-state index contributed by atoms with van der Waals surface area (Å²) in [6, 6.07) is 0. The molecule has 0 saturated carbocycles. The highest BCUT2D eigenvalue weighted by atomic mass is 16.7. The molecule has 0 unspecified atom stereocenters. The smallest absolute Gasteiger partial charge is 0.334 e. The normalized spacial score (nSPS) is 10.6. The number of esters is 2. The number of carbonyl (C=O) groups excluding carboxylic acids is 3. The van der Waals surface area contributed by atoms with Crippen LogP contribution in [0.2, 0.25) is 0 Å². The molecule has 104 valence electrons. The lowest BCUT2D eigenvalue weighted by atomic mass is 10.1. The van der Waals surface area contributed by atoms with Gasteiger partial charge in [0, 0.05) is 5.92 Å². The summed E-state index contributed by atoms with van der Waals surface area (Å²) < 4.78 is 14.1. The summed E-state index contributed by atoms with van der Waals surface area (Å²) in [6.45, 7) is 5.94. The van der Waals surface area contributed by atoms with Crippen molar-refractivity contribution in [2.75, 3.05) is 20.0 Å². The zero-order chi connectivity index (χ0) is 14.1. The first-order valence-corrected chi connectivity index (χ1v) is 5.77. The van der Waals surface area contributed by atoms with Gasteiger partial charge in [0.15, 0.2) is 5.78 Å². The summed E-state index contributed by atoms with van der Waals surface area (Å²) in [7, 11) is 0. The van der Waals surface area contributed by atoms with Gasteiger partial charge in [0.05, 0.1) is 5.92 Å². The summed E-state index contributed by atoms with van der Waals surface area (Å²) in [6.07, 6.45) is 0. The topological polar surface area (TPSA) is 78.9 Å². The fraction of sp³-hybridized carbons (Fsp3) is 0.750. The second-order valence-electron chi connectivity index (χ2n) is 4.37. The molecule has 6 heteroatoms. The molecule has 0 aliphatic heterocycles. The van der Waals surface area contributed by atoms with Gasteiger partial charge >= 0.3 is 11.9 Å². The molecule has 0 fully saturated rings. The fourth-order valence-electron chi connectivity index (χ4n) is 0.763. The van der Waals surface area contributed by atoms with E-state index in [1.54, 1.807) is 27.7 Å². The lowest BCUT2D eigenvalue weighted by Crippen LogP contribution is -2.21. The van der Waals surface area contributed by atoms with E-state index in [0.29, 0.717) is 0 Å². The minimum Gasteiger partial charge on any atom is -0.428 e. The van der Waals surface area contributed by atoms with E-state index in [9.17, 15) is 14.4 Å². The fourth-order valence-corrected chi connectivity index (χ4v) is 0.763. The summed E-state index contributed by atoms with van der Waals surface area (Å²) in [5, 5.41) is 0. The van der Waals surface area contributed by atoms with Crippen molar-refractivity contribution in [3.63, 3.8) is 0 Å². The van der Waals surface area contributed by atoms with Crippen LogP contribution in [-0.2, 0) is 28.6 Å². The highest BCUT2D eigenvalue weighted by Crippen LogP contribution is 1.97. The van der Waals surface area contributed by atoms with E-state index in [2.05, 4.69) is 9.47 Å². The predicted molar refractivity (Wildman–Crippen MR) is 62.6 cm³/mol. The molecule has 6 nitrogen and oxygen atoms in total. The van der Waals surface area contributed by atoms with Gasteiger partial charge in [0.25, 0.3) is 0 Å². The van der Waals surface area contributed by atoms with Gasteiger partial charge in [-0.3, -0.25) is 9.59 Å². The maximum absolute atomic E-state index is 11.2. The number of hydrogen-bond acceptors (Lipinski definition) is 6. The monoisotopic (exact) mass is 260 g/mol. The molecule has 0 heterocycles. The van der Waals surface area contributed by atoms with Crippen LogP contribution in [0.25, 0.3) is 0 Å². The number of ketones is 1. The maximum atomic E-state index is 11.2. The van der Waals surface area contributed by atoms with Crippen LogP contribution in [0.15, 0.2) is 0 Å². The molecule has 0 aromatic heterocycles. The van der Waals surface area contributed by atoms with Crippen molar-refractivity contribution in [1.29, 1.82) is 0 Å². The van der Waals surface area contributed by atoms with Gasteiger partial charge in [-0.05, 0) is 0 Å². The first-order chi connectivity index (χ1) is 8.34. The number of rotatable bonds is 8. The Bertz CT molecular complexity index is 267. The molecule has 0 saturated heterocycles. The van der Waals surface area contributed by atoms with E-state index < -0.39 is 18.7 Å². The zero-order valence-electron chi connectivity index (χ0n) is 11.2. The van der Waals surface area contributed by atoms with Gasteiger partial charge in [-0.15, -0.1) is 0 Å². The van der Waals surface area contributed by atoms with Gasteiger partial charge in [-0.25, -0.2) is 4.79 Å². The molecular weight excluding hydrogens is 240 g/mol. The van der Waals surface area contributed by atoms with Crippen LogP contribution in [0.1, 0.15) is 27.7 Å². The molecular formula is C12H20O6. The molecule has 0 radical (unpaired) electrons. The van der Waals surface area contributed by atoms with Crippen LogP contribution >= 0.6 is 0 Å². The Kier molecular flexibility index (Phi) is 7.94. The molecule has 0 spiro atoms. The molecule has 0 rings (SSSR count). The van der Waals surface area contributed by atoms with Gasteiger partial charge < -0.3 is 14.2 Å². The van der Waals surface area contributed by atoms with Crippen LogP contribution in [0.5, 0.6) is 0 Å². The van der Waals surface area contributed by atoms with Crippen molar-refractivity contribution in [3.05, 3.63) is 0 Å². The van der Waals surface area contributed by atoms with Crippen LogP contribution in [0.4, 0.5) is 0 Å². The Morgan fingerprint density at radius 2 is 1.50 bits per heavy atom. The van der Waals surface area contributed by atoms with Crippen LogP contribution in [-0.4, -0.2) is 37.7 Å². The first kappa shape index (κ1) is 16.6. The zero-order valence-corrected chi connectivity index (χ0v) is 11.2. The Morgan fingerprint density at radius 1 is 0.889 bits per heavy atom. The largest absolute Gasteiger partial charge is 0.428 e. The van der Waals surface area contributed by atoms with E-state index in [4.69, 9.17) is 4.74 Å². The number of Topliss-reactive ketones (excluding diaryl/α,β-unsaturated/α-hetero) is 1. The van der Waals surface area contributed by atoms with Crippen molar-refractivity contribution in [3.8, 4) is 0 Å². The highest BCUT2D eigenvalue weighted by molar-refractivity contribution is 5.81. The molecule has 0 amide bonds. The first-order valence-electron chi connectivity index (χ1n) is 5.77. The van der Waals surface area contributed by atoms with E-state index in [1.165, 1.54) is 0 Å². The number of ether oxygens (including phenoxy) is 3. The molecule has 0 aromatic rings. The van der Waals surface area contributed by atoms with Crippen LogP contribution < -0.4 is 0 Å². The number of hydrogen-bond donors (Lipinski definition) is 0. The van der Waals surface area contributed by atoms with Gasteiger partial charge in [0.1, 0.15) is 13.2 Å². The average molecular weight is 260 g/mol. The van der Waals surface area contributed by atoms with Gasteiger partial charge in [-0.2, -0.15) is 0 Å². The van der Waals surface area contributed by atoms with Crippen LogP contribution in [0, 0.1) is 11.8 Å². The van der Waals surface area contributed by atoms with Crippen molar-refractivity contribution in [2.24, 2.45) is 11.8 Å². The standard InChI is InChI=1S/C12H20O6/c1-8(2)10(13)5-16-6-11(14)17-7-18-12(15)9(3)4/h8-9H,5-7H2,1-4H3. The maximum Gasteiger partial charge on any atom is 0.334 e. The molecule has 18 heavy (non-hydrogen) atoms. The van der Waals surface area contributed by atoms with Crippen molar-refractivity contribution < 1.29 is 28.6 Å². The lowest BCUT2D eigenvalue weighted by Gasteiger charge is -2.08. The van der Waals surface area contributed by atoms with Crippen molar-refractivity contribution >= 4 is 17.7 Å². The minimum absolute atomic E-state index is 0.0889. The molecule has 0 aliphatic rings. The molecule has 0 aromatic carbocycles. The average Bonchev–Trinajstić information content (AvgIpc) is 2.28. The second-order valence-corrected chi connectivity index (χ2v) is 4.37. The van der Waals surface area contributed by atoms with Crippen LogP contribution in [0.3, 0.4) is 0 Å². The summed E-state index contributed by atoms with van der Waals surface area (Å²) >= 11 is 0. The Labute approximate surface area is 107 Å². The highest BCUT2D eigenvalue weighted by Gasteiger charge is 2.11. The van der Waals surface area contributed by atoms with Gasteiger partial charge in [0.2, 0.25) is 6.79 Å². The SMILES string of the molecule is CC(C)C(=O)COCC(=O)OCOC(=O)C(C)C. The Morgan fingerprint density at radius 3 is 2.00 bits per heavy atom. The lowest BCUT2D eigenvalue weighted by molar-refractivity contribution is -0.172. The molecule has 0 aliphatic carbocycles. The summed E-state index contributed by atoms with van der Waals surface area (Å²) in [5.41, 5.74) is 0. The molecule has 0 atom stereocenters. The summed E-state index contributed by atoms with van der Waals surface area (Å²) in [5.74, 6) is -1.62. The third-order valence-corrected chi connectivity index (χ3v) is 2.00. The van der Waals surface area contributed by atoms with Gasteiger partial charge in [-0.1, -0.05) is 27.7 Å². The molecule has 0 N–H and O–H groups in total.